The third-order valence-corrected chi connectivity index (χ3v) is 3.40. The molecule has 0 saturated carbocycles. The molecular formula is C17H17N3O4. The Morgan fingerprint density at radius 1 is 1.12 bits per heavy atom. The number of carboxylic acid groups (broad SMARTS) is 1. The van der Waals surface area contributed by atoms with Gasteiger partial charge in [0.2, 0.25) is 5.91 Å². The zero-order valence-corrected chi connectivity index (χ0v) is 12.8. The van der Waals surface area contributed by atoms with Crippen LogP contribution in [0.15, 0.2) is 48.7 Å². The largest absolute Gasteiger partial charge is 0.481 e. The van der Waals surface area contributed by atoms with E-state index < -0.39 is 23.8 Å². The summed E-state index contributed by atoms with van der Waals surface area (Å²) < 4.78 is 0. The Balaban J connectivity index is 2.06. The number of hydrogen-bond donors (Lipinski definition) is 3. The number of aromatic nitrogens is 1. The lowest BCUT2D eigenvalue weighted by atomic mass is 10.1. The van der Waals surface area contributed by atoms with Crippen molar-refractivity contribution >= 4 is 17.8 Å². The lowest BCUT2D eigenvalue weighted by molar-refractivity contribution is -0.137. The molecule has 0 fully saturated rings. The van der Waals surface area contributed by atoms with Crippen molar-refractivity contribution in [1.82, 2.24) is 10.3 Å². The van der Waals surface area contributed by atoms with Gasteiger partial charge < -0.3 is 16.2 Å². The van der Waals surface area contributed by atoms with E-state index in [2.05, 4.69) is 10.3 Å². The first-order chi connectivity index (χ1) is 11.5. The van der Waals surface area contributed by atoms with E-state index in [-0.39, 0.29) is 12.8 Å². The average Bonchev–Trinajstić information content (AvgIpc) is 2.59. The normalized spacial score (nSPS) is 11.5. The van der Waals surface area contributed by atoms with Crippen molar-refractivity contribution in [2.24, 2.45) is 5.73 Å². The van der Waals surface area contributed by atoms with Crippen LogP contribution in [0.2, 0.25) is 0 Å². The molecule has 1 aromatic carbocycles. The molecule has 24 heavy (non-hydrogen) atoms. The number of hydrogen-bond acceptors (Lipinski definition) is 4. The minimum atomic E-state index is -1.06. The number of carbonyl (C=O) groups is 3. The van der Waals surface area contributed by atoms with E-state index in [1.165, 1.54) is 0 Å². The van der Waals surface area contributed by atoms with Crippen molar-refractivity contribution in [3.05, 3.63) is 54.2 Å². The van der Waals surface area contributed by atoms with Crippen LogP contribution in [0.4, 0.5) is 0 Å². The maximum atomic E-state index is 12.2. The Morgan fingerprint density at radius 3 is 2.38 bits per heavy atom. The molecule has 1 heterocycles. The van der Waals surface area contributed by atoms with Gasteiger partial charge in [0.05, 0.1) is 5.69 Å². The lowest BCUT2D eigenvalue weighted by Crippen LogP contribution is -2.44. The molecule has 0 saturated heterocycles. The molecule has 0 radical (unpaired) electrons. The summed E-state index contributed by atoms with van der Waals surface area (Å²) >= 11 is 0. The summed E-state index contributed by atoms with van der Waals surface area (Å²) in [5.74, 6) is -2.32. The molecule has 2 rings (SSSR count). The number of pyridine rings is 1. The van der Waals surface area contributed by atoms with E-state index in [4.69, 9.17) is 10.8 Å². The highest BCUT2D eigenvalue weighted by Crippen LogP contribution is 2.17. The second-order valence-corrected chi connectivity index (χ2v) is 5.15. The van der Waals surface area contributed by atoms with Crippen molar-refractivity contribution in [1.29, 1.82) is 0 Å². The van der Waals surface area contributed by atoms with Gasteiger partial charge in [-0.15, -0.1) is 0 Å². The van der Waals surface area contributed by atoms with Crippen LogP contribution in [0.25, 0.3) is 11.3 Å². The van der Waals surface area contributed by atoms with Crippen LogP contribution in [-0.4, -0.2) is 33.9 Å². The van der Waals surface area contributed by atoms with E-state index in [1.54, 1.807) is 30.5 Å². The number of nitrogens with zero attached hydrogens (tertiary/aromatic N) is 1. The number of amides is 2. The highest BCUT2D eigenvalue weighted by Gasteiger charge is 2.20. The number of carbonyl (C=O) groups excluding carboxylic acids is 2. The Labute approximate surface area is 138 Å². The molecule has 4 N–H and O–H groups in total. The Morgan fingerprint density at radius 2 is 1.83 bits per heavy atom. The van der Waals surface area contributed by atoms with Crippen LogP contribution in [0.1, 0.15) is 23.2 Å². The maximum absolute atomic E-state index is 12.2. The molecule has 0 aliphatic rings. The molecule has 0 aliphatic heterocycles. The number of nitrogens with one attached hydrogen (secondary N) is 1. The summed E-state index contributed by atoms with van der Waals surface area (Å²) in [6.07, 6.45) is 1.37. The zero-order chi connectivity index (χ0) is 17.5. The molecule has 0 aliphatic carbocycles. The lowest BCUT2D eigenvalue weighted by Gasteiger charge is -2.14. The fourth-order valence-corrected chi connectivity index (χ4v) is 2.12. The van der Waals surface area contributed by atoms with Gasteiger partial charge in [-0.05, 0) is 30.7 Å². The summed E-state index contributed by atoms with van der Waals surface area (Å²) in [6.45, 7) is 0. The molecule has 0 bridgehead atoms. The minimum Gasteiger partial charge on any atom is -0.481 e. The summed E-state index contributed by atoms with van der Waals surface area (Å²) in [4.78, 5) is 38.3. The van der Waals surface area contributed by atoms with Gasteiger partial charge in [0.25, 0.3) is 5.91 Å². The van der Waals surface area contributed by atoms with E-state index in [9.17, 15) is 14.4 Å². The second-order valence-electron chi connectivity index (χ2n) is 5.15. The van der Waals surface area contributed by atoms with Crippen LogP contribution in [0.5, 0.6) is 0 Å². The standard InChI is InChI=1S/C17H17N3O4/c18-16(23)14(8-9-15(21)22)20-17(24)12-6-4-11(5-7-12)13-3-1-2-10-19-13/h1-7,10,14H,8-9H2,(H2,18,23)(H,20,24)(H,21,22)/t14-/m0/s1. The number of primary amides is 1. The van der Waals surface area contributed by atoms with Gasteiger partial charge >= 0.3 is 5.97 Å². The van der Waals surface area contributed by atoms with Crippen LogP contribution in [0.3, 0.4) is 0 Å². The summed E-state index contributed by atoms with van der Waals surface area (Å²) in [7, 11) is 0. The van der Waals surface area contributed by atoms with Gasteiger partial charge in [-0.3, -0.25) is 19.4 Å². The Bertz CT molecular complexity index is 729. The number of nitrogens with two attached hydrogens (primary N) is 1. The Kier molecular flexibility index (Phi) is 5.62. The number of benzene rings is 1. The molecular weight excluding hydrogens is 310 g/mol. The predicted octanol–water partition coefficient (Wildman–Crippen LogP) is 1.20. The van der Waals surface area contributed by atoms with Crippen LogP contribution in [-0.2, 0) is 9.59 Å². The fraction of sp³-hybridized carbons (Fsp3) is 0.176. The third-order valence-electron chi connectivity index (χ3n) is 3.40. The van der Waals surface area contributed by atoms with Crippen LogP contribution >= 0.6 is 0 Å². The van der Waals surface area contributed by atoms with E-state index in [0.29, 0.717) is 5.56 Å². The van der Waals surface area contributed by atoms with Crippen LogP contribution in [0, 0.1) is 0 Å². The molecule has 2 amide bonds. The van der Waals surface area contributed by atoms with Crippen molar-refractivity contribution in [2.45, 2.75) is 18.9 Å². The molecule has 0 spiro atoms. The zero-order valence-electron chi connectivity index (χ0n) is 12.8. The maximum Gasteiger partial charge on any atom is 0.303 e. The quantitative estimate of drug-likeness (QED) is 0.705. The number of carboxylic acids is 1. The first-order valence-corrected chi connectivity index (χ1v) is 7.31. The van der Waals surface area contributed by atoms with Gasteiger partial charge in [-0.1, -0.05) is 18.2 Å². The van der Waals surface area contributed by atoms with Crippen molar-refractivity contribution in [3.8, 4) is 11.3 Å². The summed E-state index contributed by atoms with van der Waals surface area (Å²) in [5, 5.41) is 11.1. The minimum absolute atomic E-state index is 0.0531. The number of aliphatic carboxylic acids is 1. The highest BCUT2D eigenvalue weighted by molar-refractivity contribution is 5.97. The molecule has 0 unspecified atom stereocenters. The Hall–Kier alpha value is -3.22. The monoisotopic (exact) mass is 327 g/mol. The molecule has 1 atom stereocenters. The van der Waals surface area contributed by atoms with Gasteiger partial charge in [0.15, 0.2) is 0 Å². The van der Waals surface area contributed by atoms with E-state index in [1.807, 2.05) is 18.2 Å². The average molecular weight is 327 g/mol. The number of rotatable bonds is 7. The summed E-state index contributed by atoms with van der Waals surface area (Å²) in [5.41, 5.74) is 7.17. The first-order valence-electron chi connectivity index (χ1n) is 7.31. The van der Waals surface area contributed by atoms with Gasteiger partial charge in [-0.25, -0.2) is 0 Å². The fourth-order valence-electron chi connectivity index (χ4n) is 2.12. The molecule has 7 nitrogen and oxygen atoms in total. The van der Waals surface area contributed by atoms with Gasteiger partial charge in [-0.2, -0.15) is 0 Å². The smallest absolute Gasteiger partial charge is 0.303 e. The van der Waals surface area contributed by atoms with Gasteiger partial charge in [0, 0.05) is 23.7 Å². The van der Waals surface area contributed by atoms with Crippen molar-refractivity contribution in [2.75, 3.05) is 0 Å². The second kappa shape index (κ2) is 7.87. The SMILES string of the molecule is NC(=O)[C@H](CCC(=O)O)NC(=O)c1ccc(-c2ccccn2)cc1. The predicted molar refractivity (Wildman–Crippen MR) is 87.0 cm³/mol. The molecule has 124 valence electrons. The van der Waals surface area contributed by atoms with E-state index >= 15 is 0 Å². The van der Waals surface area contributed by atoms with Crippen molar-refractivity contribution in [3.63, 3.8) is 0 Å². The highest BCUT2D eigenvalue weighted by atomic mass is 16.4. The van der Waals surface area contributed by atoms with E-state index in [0.717, 1.165) is 11.3 Å². The first kappa shape index (κ1) is 17.1. The van der Waals surface area contributed by atoms with Crippen LogP contribution < -0.4 is 11.1 Å². The molecule has 7 heteroatoms. The third kappa shape index (κ3) is 4.64. The molecule has 2 aromatic rings. The van der Waals surface area contributed by atoms with Gasteiger partial charge in [0.1, 0.15) is 6.04 Å². The molecule has 1 aromatic heterocycles. The topological polar surface area (TPSA) is 122 Å². The van der Waals surface area contributed by atoms with Crippen molar-refractivity contribution < 1.29 is 19.5 Å². The summed E-state index contributed by atoms with van der Waals surface area (Å²) in [6, 6.07) is 11.2.